The van der Waals surface area contributed by atoms with Gasteiger partial charge in [0.1, 0.15) is 5.76 Å². The van der Waals surface area contributed by atoms with Gasteiger partial charge in [0, 0.05) is 0 Å². The minimum Gasteiger partial charge on any atom is -0.495 e. The van der Waals surface area contributed by atoms with Crippen molar-refractivity contribution in [3.8, 4) is 0 Å². The molecule has 0 aliphatic carbocycles. The van der Waals surface area contributed by atoms with E-state index in [4.69, 9.17) is 4.74 Å². The SMILES string of the molecule is C=C/C(=C\N=C)OC. The lowest BCUT2D eigenvalue weighted by Crippen LogP contribution is -1.77. The molecule has 0 atom stereocenters. The van der Waals surface area contributed by atoms with Gasteiger partial charge in [-0.1, -0.05) is 6.58 Å². The van der Waals surface area contributed by atoms with Crippen molar-refractivity contribution in [2.24, 2.45) is 4.99 Å². The van der Waals surface area contributed by atoms with E-state index in [-0.39, 0.29) is 0 Å². The van der Waals surface area contributed by atoms with Crippen molar-refractivity contribution in [3.63, 3.8) is 0 Å². The molecule has 0 amide bonds. The molecule has 0 N–H and O–H groups in total. The largest absolute Gasteiger partial charge is 0.495 e. The van der Waals surface area contributed by atoms with Gasteiger partial charge in [0.15, 0.2) is 0 Å². The van der Waals surface area contributed by atoms with Gasteiger partial charge in [0.25, 0.3) is 0 Å². The minimum atomic E-state index is 0.625. The molecule has 0 spiro atoms. The van der Waals surface area contributed by atoms with Crippen molar-refractivity contribution in [1.82, 2.24) is 0 Å². The van der Waals surface area contributed by atoms with E-state index in [0.717, 1.165) is 0 Å². The molecule has 0 radical (unpaired) electrons. The highest BCUT2D eigenvalue weighted by Crippen LogP contribution is 1.93. The average Bonchev–Trinajstić information content (AvgIpc) is 1.83. The third-order valence-corrected chi connectivity index (χ3v) is 0.655. The minimum absolute atomic E-state index is 0.625. The lowest BCUT2D eigenvalue weighted by molar-refractivity contribution is 0.306. The van der Waals surface area contributed by atoms with E-state index >= 15 is 0 Å². The van der Waals surface area contributed by atoms with Crippen molar-refractivity contribution in [1.29, 1.82) is 0 Å². The Labute approximate surface area is 49.2 Å². The number of nitrogens with zero attached hydrogens (tertiary/aromatic N) is 1. The molecule has 0 rings (SSSR count). The quantitative estimate of drug-likeness (QED) is 0.306. The first-order chi connectivity index (χ1) is 3.85. The van der Waals surface area contributed by atoms with Crippen LogP contribution in [0.1, 0.15) is 0 Å². The number of methoxy groups -OCH3 is 1. The van der Waals surface area contributed by atoms with Gasteiger partial charge in [-0.25, -0.2) is 0 Å². The van der Waals surface area contributed by atoms with Crippen LogP contribution in [0.5, 0.6) is 0 Å². The molecule has 0 aromatic carbocycles. The summed E-state index contributed by atoms with van der Waals surface area (Å²) in [7, 11) is 1.55. The van der Waals surface area contributed by atoms with E-state index in [0.29, 0.717) is 5.76 Å². The molecule has 0 saturated heterocycles. The first kappa shape index (κ1) is 6.95. The molecule has 0 bridgehead atoms. The van der Waals surface area contributed by atoms with Crippen molar-refractivity contribution in [3.05, 3.63) is 24.6 Å². The summed E-state index contributed by atoms with van der Waals surface area (Å²) >= 11 is 0. The van der Waals surface area contributed by atoms with Crippen LogP contribution >= 0.6 is 0 Å². The highest BCUT2D eigenvalue weighted by molar-refractivity contribution is 5.27. The predicted octanol–water partition coefficient (Wildman–Crippen LogP) is 1.36. The van der Waals surface area contributed by atoms with Crippen molar-refractivity contribution >= 4 is 6.72 Å². The average molecular weight is 111 g/mol. The summed E-state index contributed by atoms with van der Waals surface area (Å²) in [5.74, 6) is 0.625. The topological polar surface area (TPSA) is 21.6 Å². The van der Waals surface area contributed by atoms with Crippen LogP contribution in [0.4, 0.5) is 0 Å². The Kier molecular flexibility index (Phi) is 3.58. The fourth-order valence-corrected chi connectivity index (χ4v) is 0.279. The fourth-order valence-electron chi connectivity index (χ4n) is 0.279. The van der Waals surface area contributed by atoms with Crippen LogP contribution in [0, 0.1) is 0 Å². The maximum absolute atomic E-state index is 4.75. The summed E-state index contributed by atoms with van der Waals surface area (Å²) in [6.45, 7) is 6.71. The summed E-state index contributed by atoms with van der Waals surface area (Å²) < 4.78 is 4.75. The molecular formula is C6H9NO. The monoisotopic (exact) mass is 111 g/mol. The van der Waals surface area contributed by atoms with Crippen LogP contribution in [-0.2, 0) is 4.74 Å². The molecule has 0 heterocycles. The summed E-state index contributed by atoms with van der Waals surface area (Å²) in [5.41, 5.74) is 0. The molecule has 8 heavy (non-hydrogen) atoms. The van der Waals surface area contributed by atoms with E-state index in [2.05, 4.69) is 18.3 Å². The third kappa shape index (κ3) is 2.18. The fraction of sp³-hybridized carbons (Fsp3) is 0.167. The van der Waals surface area contributed by atoms with Crippen LogP contribution in [0.15, 0.2) is 29.6 Å². The van der Waals surface area contributed by atoms with E-state index in [1.165, 1.54) is 6.20 Å². The lowest BCUT2D eigenvalue weighted by Gasteiger charge is -1.93. The number of ether oxygens (including phenoxy) is 1. The first-order valence-corrected chi connectivity index (χ1v) is 2.17. The highest BCUT2D eigenvalue weighted by Gasteiger charge is 1.80. The van der Waals surface area contributed by atoms with Crippen molar-refractivity contribution < 1.29 is 4.74 Å². The van der Waals surface area contributed by atoms with Crippen LogP contribution in [0.2, 0.25) is 0 Å². The van der Waals surface area contributed by atoms with E-state index < -0.39 is 0 Å². The Bertz CT molecular complexity index is 116. The molecule has 0 aromatic rings. The smallest absolute Gasteiger partial charge is 0.136 e. The zero-order chi connectivity index (χ0) is 6.41. The normalized spacial score (nSPS) is 10.4. The molecule has 0 aliphatic heterocycles. The number of allylic oxidation sites excluding steroid dienone is 1. The van der Waals surface area contributed by atoms with Gasteiger partial charge in [-0.15, -0.1) is 0 Å². The second kappa shape index (κ2) is 4.12. The maximum atomic E-state index is 4.75. The van der Waals surface area contributed by atoms with Gasteiger partial charge in [-0.2, -0.15) is 0 Å². The molecule has 0 unspecified atom stereocenters. The van der Waals surface area contributed by atoms with Gasteiger partial charge >= 0.3 is 0 Å². The predicted molar refractivity (Wildman–Crippen MR) is 34.8 cm³/mol. The van der Waals surface area contributed by atoms with Crippen LogP contribution < -0.4 is 0 Å². The van der Waals surface area contributed by atoms with Gasteiger partial charge in [0.05, 0.1) is 13.3 Å². The lowest BCUT2D eigenvalue weighted by atomic mass is 10.5. The summed E-state index contributed by atoms with van der Waals surface area (Å²) in [4.78, 5) is 3.47. The molecule has 0 aliphatic rings. The first-order valence-electron chi connectivity index (χ1n) is 2.17. The standard InChI is InChI=1S/C6H9NO/c1-4-6(8-3)5-7-2/h4-5H,1-2H2,3H3/b6-5+. The number of hydrogen-bond acceptors (Lipinski definition) is 2. The zero-order valence-electron chi connectivity index (χ0n) is 4.92. The van der Waals surface area contributed by atoms with E-state index in [1.807, 2.05) is 0 Å². The highest BCUT2D eigenvalue weighted by atomic mass is 16.5. The number of aliphatic imine (C=N–C) groups is 1. The summed E-state index contributed by atoms with van der Waals surface area (Å²) in [6.07, 6.45) is 3.06. The Hall–Kier alpha value is -1.05. The second-order valence-corrected chi connectivity index (χ2v) is 1.12. The van der Waals surface area contributed by atoms with Crippen LogP contribution in [-0.4, -0.2) is 13.8 Å². The Morgan fingerprint density at radius 1 is 1.75 bits per heavy atom. The second-order valence-electron chi connectivity index (χ2n) is 1.12. The van der Waals surface area contributed by atoms with Crippen molar-refractivity contribution in [2.45, 2.75) is 0 Å². The number of hydrogen-bond donors (Lipinski definition) is 0. The van der Waals surface area contributed by atoms with Gasteiger partial charge in [-0.3, -0.25) is 4.99 Å². The molecule has 2 heteroatoms. The Morgan fingerprint density at radius 2 is 2.38 bits per heavy atom. The summed E-state index contributed by atoms with van der Waals surface area (Å²) in [5, 5.41) is 0. The van der Waals surface area contributed by atoms with E-state index in [9.17, 15) is 0 Å². The van der Waals surface area contributed by atoms with E-state index in [1.54, 1.807) is 13.2 Å². The molecule has 0 aromatic heterocycles. The maximum Gasteiger partial charge on any atom is 0.136 e. The van der Waals surface area contributed by atoms with Gasteiger partial charge in [-0.05, 0) is 12.8 Å². The van der Waals surface area contributed by atoms with Crippen LogP contribution in [0.25, 0.3) is 0 Å². The number of rotatable bonds is 3. The van der Waals surface area contributed by atoms with Gasteiger partial charge in [0.2, 0.25) is 0 Å². The van der Waals surface area contributed by atoms with Crippen molar-refractivity contribution in [2.75, 3.05) is 7.11 Å². The molecule has 0 saturated carbocycles. The van der Waals surface area contributed by atoms with Gasteiger partial charge < -0.3 is 4.74 Å². The molecule has 0 fully saturated rings. The Balaban J connectivity index is 3.84. The summed E-state index contributed by atoms with van der Waals surface area (Å²) in [6, 6.07) is 0. The van der Waals surface area contributed by atoms with Crippen LogP contribution in [0.3, 0.4) is 0 Å². The zero-order valence-corrected chi connectivity index (χ0v) is 4.92. The Morgan fingerprint density at radius 3 is 2.50 bits per heavy atom. The molecule has 44 valence electrons. The molecule has 2 nitrogen and oxygen atoms in total. The third-order valence-electron chi connectivity index (χ3n) is 0.655. The molecular weight excluding hydrogens is 102 g/mol.